The molecular weight excluding hydrogens is 376 g/mol. The Labute approximate surface area is 168 Å². The third kappa shape index (κ3) is 3.51. The van der Waals surface area contributed by atoms with Crippen LogP contribution in [0.1, 0.15) is 21.9 Å². The van der Waals surface area contributed by atoms with E-state index in [0.29, 0.717) is 40.3 Å². The molecule has 1 aromatic heterocycles. The van der Waals surface area contributed by atoms with Crippen molar-refractivity contribution in [2.24, 2.45) is 0 Å². The van der Waals surface area contributed by atoms with E-state index < -0.39 is 0 Å². The van der Waals surface area contributed by atoms with Gasteiger partial charge in [-0.05, 0) is 43.2 Å². The number of fused-ring (bicyclic) bond motifs is 1. The van der Waals surface area contributed by atoms with E-state index in [2.05, 4.69) is 15.3 Å². The van der Waals surface area contributed by atoms with E-state index in [0.717, 1.165) is 12.1 Å². The van der Waals surface area contributed by atoms with Crippen molar-refractivity contribution in [3.63, 3.8) is 0 Å². The SMILES string of the molecule is COc1ccc(Cl)cc1Nc1cc(C(=O)N2CCc3ccccc32)nc(C)n1. The van der Waals surface area contributed by atoms with Crippen LogP contribution in [-0.4, -0.2) is 29.5 Å². The van der Waals surface area contributed by atoms with Crippen molar-refractivity contribution in [2.45, 2.75) is 13.3 Å². The van der Waals surface area contributed by atoms with Crippen LogP contribution in [0.4, 0.5) is 17.2 Å². The molecule has 0 spiro atoms. The van der Waals surface area contributed by atoms with Gasteiger partial charge in [0, 0.05) is 23.3 Å². The third-order valence-corrected chi connectivity index (χ3v) is 4.85. The summed E-state index contributed by atoms with van der Waals surface area (Å²) < 4.78 is 5.36. The number of nitrogens with zero attached hydrogens (tertiary/aromatic N) is 3. The topological polar surface area (TPSA) is 67.3 Å². The van der Waals surface area contributed by atoms with Gasteiger partial charge in [0.15, 0.2) is 0 Å². The van der Waals surface area contributed by atoms with Gasteiger partial charge in [-0.3, -0.25) is 4.79 Å². The predicted molar refractivity (Wildman–Crippen MR) is 110 cm³/mol. The number of rotatable bonds is 4. The standard InChI is InChI=1S/C21H19ClN4O2/c1-13-23-17(21(27)26-10-9-14-5-3-4-6-18(14)26)12-20(24-13)25-16-11-15(22)7-8-19(16)28-2/h3-8,11-12H,9-10H2,1-2H3,(H,23,24,25). The summed E-state index contributed by atoms with van der Waals surface area (Å²) in [5.41, 5.74) is 3.11. The van der Waals surface area contributed by atoms with Crippen molar-refractivity contribution in [3.8, 4) is 5.75 Å². The molecule has 1 aliphatic heterocycles. The number of carbonyl (C=O) groups excluding carboxylic acids is 1. The molecule has 0 saturated carbocycles. The number of ether oxygens (including phenoxy) is 1. The monoisotopic (exact) mass is 394 g/mol. The highest BCUT2D eigenvalue weighted by molar-refractivity contribution is 6.31. The normalized spacial score (nSPS) is 12.6. The molecule has 142 valence electrons. The van der Waals surface area contributed by atoms with Crippen LogP contribution in [0.5, 0.6) is 5.75 Å². The molecule has 4 rings (SSSR count). The molecule has 3 aromatic rings. The quantitative estimate of drug-likeness (QED) is 0.710. The Hall–Kier alpha value is -3.12. The fourth-order valence-corrected chi connectivity index (χ4v) is 3.52. The number of aryl methyl sites for hydroxylation is 1. The van der Waals surface area contributed by atoms with Crippen molar-refractivity contribution in [1.82, 2.24) is 9.97 Å². The number of amides is 1. The van der Waals surface area contributed by atoms with Crippen LogP contribution in [-0.2, 0) is 6.42 Å². The molecule has 0 fully saturated rings. The zero-order valence-corrected chi connectivity index (χ0v) is 16.3. The maximum atomic E-state index is 13.1. The summed E-state index contributed by atoms with van der Waals surface area (Å²) in [6.07, 6.45) is 0.844. The van der Waals surface area contributed by atoms with Gasteiger partial charge in [0.25, 0.3) is 5.91 Å². The number of benzene rings is 2. The Morgan fingerprint density at radius 3 is 2.82 bits per heavy atom. The molecule has 2 heterocycles. The lowest BCUT2D eigenvalue weighted by molar-refractivity contribution is 0.0984. The lowest BCUT2D eigenvalue weighted by Crippen LogP contribution is -2.30. The van der Waals surface area contributed by atoms with Gasteiger partial charge in [-0.1, -0.05) is 29.8 Å². The van der Waals surface area contributed by atoms with E-state index in [-0.39, 0.29) is 5.91 Å². The molecular formula is C21H19ClN4O2. The Balaban J connectivity index is 1.65. The number of hydrogen-bond donors (Lipinski definition) is 1. The number of halogens is 1. The van der Waals surface area contributed by atoms with Crippen LogP contribution in [0, 0.1) is 6.92 Å². The van der Waals surface area contributed by atoms with Crippen molar-refractivity contribution in [1.29, 1.82) is 0 Å². The van der Waals surface area contributed by atoms with Crippen LogP contribution in [0.2, 0.25) is 5.02 Å². The van der Waals surface area contributed by atoms with Crippen LogP contribution in [0.3, 0.4) is 0 Å². The molecule has 1 amide bonds. The fraction of sp³-hybridized carbons (Fsp3) is 0.190. The molecule has 0 bridgehead atoms. The lowest BCUT2D eigenvalue weighted by Gasteiger charge is -2.18. The summed E-state index contributed by atoms with van der Waals surface area (Å²) in [7, 11) is 1.58. The molecule has 1 aliphatic rings. The van der Waals surface area contributed by atoms with Crippen molar-refractivity contribution in [2.75, 3.05) is 23.9 Å². The highest BCUT2D eigenvalue weighted by Crippen LogP contribution is 2.31. The van der Waals surface area contributed by atoms with Gasteiger partial charge in [-0.15, -0.1) is 0 Å². The minimum Gasteiger partial charge on any atom is -0.495 e. The largest absolute Gasteiger partial charge is 0.495 e. The van der Waals surface area contributed by atoms with E-state index in [4.69, 9.17) is 16.3 Å². The van der Waals surface area contributed by atoms with Crippen LogP contribution < -0.4 is 15.0 Å². The molecule has 0 radical (unpaired) electrons. The molecule has 2 aromatic carbocycles. The van der Waals surface area contributed by atoms with Gasteiger partial charge in [-0.2, -0.15) is 0 Å². The van der Waals surface area contributed by atoms with E-state index in [1.165, 1.54) is 5.56 Å². The second kappa shape index (κ2) is 7.48. The molecule has 6 nitrogen and oxygen atoms in total. The average molecular weight is 395 g/mol. The fourth-order valence-electron chi connectivity index (χ4n) is 3.34. The first-order valence-electron chi connectivity index (χ1n) is 8.91. The van der Waals surface area contributed by atoms with Gasteiger partial charge in [0.1, 0.15) is 23.1 Å². The maximum absolute atomic E-state index is 13.1. The van der Waals surface area contributed by atoms with Crippen molar-refractivity contribution >= 4 is 34.7 Å². The number of aromatic nitrogens is 2. The Morgan fingerprint density at radius 2 is 2.00 bits per heavy atom. The Kier molecular flexibility index (Phi) is 4.88. The van der Waals surface area contributed by atoms with Gasteiger partial charge in [-0.25, -0.2) is 9.97 Å². The van der Waals surface area contributed by atoms with Gasteiger partial charge in [0.2, 0.25) is 0 Å². The smallest absolute Gasteiger partial charge is 0.277 e. The van der Waals surface area contributed by atoms with Crippen molar-refractivity contribution in [3.05, 3.63) is 70.6 Å². The number of hydrogen-bond acceptors (Lipinski definition) is 5. The summed E-state index contributed by atoms with van der Waals surface area (Å²) in [4.78, 5) is 23.6. The molecule has 0 saturated heterocycles. The molecule has 28 heavy (non-hydrogen) atoms. The average Bonchev–Trinajstić information content (AvgIpc) is 3.11. The molecule has 0 aliphatic carbocycles. The van der Waals surface area contributed by atoms with Crippen LogP contribution in [0.15, 0.2) is 48.5 Å². The minimum absolute atomic E-state index is 0.142. The molecule has 1 N–H and O–H groups in total. The Morgan fingerprint density at radius 1 is 1.18 bits per heavy atom. The van der Waals surface area contributed by atoms with Crippen LogP contribution >= 0.6 is 11.6 Å². The number of anilines is 3. The lowest BCUT2D eigenvalue weighted by atomic mass is 10.2. The molecule has 0 atom stereocenters. The first-order chi connectivity index (χ1) is 13.5. The van der Waals surface area contributed by atoms with Crippen molar-refractivity contribution < 1.29 is 9.53 Å². The van der Waals surface area contributed by atoms with Gasteiger partial charge in [0.05, 0.1) is 12.8 Å². The Bertz CT molecular complexity index is 1050. The summed E-state index contributed by atoms with van der Waals surface area (Å²) in [6, 6.07) is 14.8. The van der Waals surface area contributed by atoms with Crippen LogP contribution in [0.25, 0.3) is 0 Å². The second-order valence-electron chi connectivity index (χ2n) is 6.49. The predicted octanol–water partition coefficient (Wildman–Crippen LogP) is 4.39. The van der Waals surface area contributed by atoms with E-state index in [9.17, 15) is 4.79 Å². The maximum Gasteiger partial charge on any atom is 0.277 e. The summed E-state index contributed by atoms with van der Waals surface area (Å²) >= 11 is 6.10. The second-order valence-corrected chi connectivity index (χ2v) is 6.93. The third-order valence-electron chi connectivity index (χ3n) is 4.61. The van der Waals surface area contributed by atoms with E-state index in [1.807, 2.05) is 24.3 Å². The summed E-state index contributed by atoms with van der Waals surface area (Å²) in [5.74, 6) is 1.49. The first kappa shape index (κ1) is 18.3. The van der Waals surface area contributed by atoms with E-state index in [1.54, 1.807) is 43.2 Å². The highest BCUT2D eigenvalue weighted by Gasteiger charge is 2.26. The summed E-state index contributed by atoms with van der Waals surface area (Å²) in [5, 5.41) is 3.75. The number of methoxy groups -OCH3 is 1. The minimum atomic E-state index is -0.142. The van der Waals surface area contributed by atoms with Gasteiger partial charge >= 0.3 is 0 Å². The number of para-hydroxylation sites is 1. The zero-order valence-electron chi connectivity index (χ0n) is 15.6. The molecule has 0 unspecified atom stereocenters. The zero-order chi connectivity index (χ0) is 19.7. The molecule has 7 heteroatoms. The number of nitrogens with one attached hydrogen (secondary N) is 1. The van der Waals surface area contributed by atoms with E-state index >= 15 is 0 Å². The highest BCUT2D eigenvalue weighted by atomic mass is 35.5. The van der Waals surface area contributed by atoms with Gasteiger partial charge < -0.3 is 15.0 Å². The number of carbonyl (C=O) groups is 1. The first-order valence-corrected chi connectivity index (χ1v) is 9.29. The summed E-state index contributed by atoms with van der Waals surface area (Å²) in [6.45, 7) is 2.40.